The van der Waals surface area contributed by atoms with Crippen molar-refractivity contribution in [3.63, 3.8) is 0 Å². The number of halogens is 2. The molecule has 1 aromatic rings. The lowest BCUT2D eigenvalue weighted by atomic mass is 10.0. The molecule has 0 aromatic heterocycles. The second-order valence-electron chi connectivity index (χ2n) is 7.10. The number of hydrogen-bond donors (Lipinski definition) is 1. The minimum Gasteiger partial charge on any atom is -0.488 e. The van der Waals surface area contributed by atoms with Crippen LogP contribution in [-0.2, 0) is 14.6 Å². The van der Waals surface area contributed by atoms with Gasteiger partial charge in [0, 0.05) is 19.5 Å². The highest BCUT2D eigenvalue weighted by Gasteiger charge is 2.21. The van der Waals surface area contributed by atoms with Crippen molar-refractivity contribution < 1.29 is 31.5 Å². The molecule has 10 heteroatoms. The summed E-state index contributed by atoms with van der Waals surface area (Å²) in [6.45, 7) is 1.69. The zero-order chi connectivity index (χ0) is 22.1. The topological polar surface area (TPSA) is 92.8 Å². The third kappa shape index (κ3) is 8.10. The number of rotatable bonds is 11. The molecule has 0 bridgehead atoms. The maximum atomic E-state index is 12.4. The van der Waals surface area contributed by atoms with E-state index in [-0.39, 0.29) is 35.5 Å². The molecule has 1 aromatic carbocycles. The first-order valence-corrected chi connectivity index (χ1v) is 11.4. The first kappa shape index (κ1) is 23.8. The second kappa shape index (κ2) is 11.1. The highest BCUT2D eigenvalue weighted by molar-refractivity contribution is 7.91. The van der Waals surface area contributed by atoms with Gasteiger partial charge in [-0.15, -0.1) is 0 Å². The van der Waals surface area contributed by atoms with Crippen LogP contribution in [0.5, 0.6) is 5.75 Å². The van der Waals surface area contributed by atoms with Gasteiger partial charge in [-0.25, -0.2) is 22.0 Å². The summed E-state index contributed by atoms with van der Waals surface area (Å²) in [6.07, 6.45) is 1.38. The van der Waals surface area contributed by atoms with E-state index in [4.69, 9.17) is 4.74 Å². The van der Waals surface area contributed by atoms with E-state index in [9.17, 15) is 26.8 Å². The maximum Gasteiger partial charge on any atom is 0.324 e. The fraction of sp³-hybridized carbons (Fsp3) is 0.500. The summed E-state index contributed by atoms with van der Waals surface area (Å²) in [5, 5.41) is 2.22. The Balaban J connectivity index is 1.79. The van der Waals surface area contributed by atoms with Crippen LogP contribution in [0.15, 0.2) is 36.4 Å². The molecule has 1 heterocycles. The molecule has 0 spiro atoms. The quantitative estimate of drug-likeness (QED) is 0.530. The van der Waals surface area contributed by atoms with Gasteiger partial charge in [0.15, 0.2) is 9.84 Å². The highest BCUT2D eigenvalue weighted by Crippen LogP contribution is 2.23. The summed E-state index contributed by atoms with van der Waals surface area (Å²) in [5.74, 6) is -0.450. The van der Waals surface area contributed by atoms with Gasteiger partial charge in [0.2, 0.25) is 5.91 Å². The van der Waals surface area contributed by atoms with Gasteiger partial charge in [-0.1, -0.05) is 31.2 Å². The molecule has 0 aliphatic carbocycles. The number of hydrogen-bond acceptors (Lipinski definition) is 5. The molecule has 30 heavy (non-hydrogen) atoms. The van der Waals surface area contributed by atoms with Crippen molar-refractivity contribution in [3.8, 4) is 5.75 Å². The lowest BCUT2D eigenvalue weighted by Gasteiger charge is -2.25. The van der Waals surface area contributed by atoms with E-state index in [2.05, 4.69) is 5.32 Å². The number of nitrogens with one attached hydrogen (secondary N) is 1. The predicted molar refractivity (Wildman–Crippen MR) is 108 cm³/mol. The molecule has 1 atom stereocenters. The monoisotopic (exact) mass is 444 g/mol. The Kier molecular flexibility index (Phi) is 8.76. The number of sulfone groups is 1. The van der Waals surface area contributed by atoms with Gasteiger partial charge in [0.1, 0.15) is 12.4 Å². The standard InChI is InChI=1S/C20H26F2N2O5S/c1-15(16-6-5-7-17(12-16)29-13-18(21)22)14-30(27,28)11-4-2-3-9-24-10-8-19(25)23-20(24)26/h2-3,5-7,12,15,18H,4,8-11,13-14H2,1H3,(H,23,25,26)/b3-2+/t15-/m0/s1. The van der Waals surface area contributed by atoms with Gasteiger partial charge < -0.3 is 9.64 Å². The van der Waals surface area contributed by atoms with E-state index in [0.29, 0.717) is 25.1 Å². The number of carbonyl (C=O) groups excluding carboxylic acids is 2. The van der Waals surface area contributed by atoms with Crippen LogP contribution in [0.3, 0.4) is 0 Å². The largest absolute Gasteiger partial charge is 0.488 e. The molecule has 1 saturated heterocycles. The van der Waals surface area contributed by atoms with E-state index in [0.717, 1.165) is 0 Å². The van der Waals surface area contributed by atoms with Crippen LogP contribution in [-0.4, -0.2) is 62.9 Å². The summed E-state index contributed by atoms with van der Waals surface area (Å²) < 4.78 is 54.3. The average molecular weight is 445 g/mol. The Labute approximate surface area is 175 Å². The van der Waals surface area contributed by atoms with Crippen molar-refractivity contribution in [2.45, 2.75) is 32.1 Å². The smallest absolute Gasteiger partial charge is 0.324 e. The molecule has 1 aliphatic heterocycles. The number of imide groups is 1. The molecule has 3 amide bonds. The maximum absolute atomic E-state index is 12.4. The fourth-order valence-corrected chi connectivity index (χ4v) is 4.59. The molecule has 1 N–H and O–H groups in total. The molecule has 0 unspecified atom stereocenters. The minimum absolute atomic E-state index is 0.0416. The van der Waals surface area contributed by atoms with E-state index < -0.39 is 28.9 Å². The zero-order valence-corrected chi connectivity index (χ0v) is 17.5. The van der Waals surface area contributed by atoms with Crippen LogP contribution in [0.2, 0.25) is 0 Å². The third-order valence-electron chi connectivity index (χ3n) is 4.54. The van der Waals surface area contributed by atoms with Crippen LogP contribution in [0.1, 0.15) is 31.2 Å². The summed E-state index contributed by atoms with van der Waals surface area (Å²) in [5.41, 5.74) is 0.701. The number of benzene rings is 1. The van der Waals surface area contributed by atoms with E-state index in [1.807, 2.05) is 0 Å². The van der Waals surface area contributed by atoms with Crippen molar-refractivity contribution >= 4 is 21.8 Å². The number of nitrogens with zero attached hydrogens (tertiary/aromatic N) is 1. The van der Waals surface area contributed by atoms with Gasteiger partial charge >= 0.3 is 6.03 Å². The molecule has 166 valence electrons. The van der Waals surface area contributed by atoms with Crippen molar-refractivity contribution in [1.29, 1.82) is 0 Å². The summed E-state index contributed by atoms with van der Waals surface area (Å²) in [6, 6.07) is 6.07. The molecule has 0 radical (unpaired) electrons. The Morgan fingerprint density at radius 3 is 2.73 bits per heavy atom. The Hall–Kier alpha value is -2.49. The second-order valence-corrected chi connectivity index (χ2v) is 9.33. The molecule has 7 nitrogen and oxygen atoms in total. The number of allylic oxidation sites excluding steroid dienone is 1. The van der Waals surface area contributed by atoms with Gasteiger partial charge in [-0.2, -0.15) is 0 Å². The third-order valence-corrected chi connectivity index (χ3v) is 6.40. The number of alkyl halides is 2. The number of ether oxygens (including phenoxy) is 1. The van der Waals surface area contributed by atoms with Crippen LogP contribution in [0.4, 0.5) is 13.6 Å². The van der Waals surface area contributed by atoms with Gasteiger partial charge in [0.25, 0.3) is 6.43 Å². The minimum atomic E-state index is -3.34. The lowest BCUT2D eigenvalue weighted by molar-refractivity contribution is -0.121. The number of carbonyl (C=O) groups is 2. The highest BCUT2D eigenvalue weighted by atomic mass is 32.2. The van der Waals surface area contributed by atoms with Crippen LogP contribution in [0.25, 0.3) is 0 Å². The van der Waals surface area contributed by atoms with Crippen LogP contribution < -0.4 is 10.1 Å². The van der Waals surface area contributed by atoms with E-state index >= 15 is 0 Å². The molecule has 1 aliphatic rings. The van der Waals surface area contributed by atoms with Crippen LogP contribution in [0, 0.1) is 0 Å². The first-order valence-electron chi connectivity index (χ1n) is 9.61. The summed E-state index contributed by atoms with van der Waals surface area (Å²) >= 11 is 0. The van der Waals surface area contributed by atoms with Crippen molar-refractivity contribution in [2.75, 3.05) is 31.2 Å². The SMILES string of the molecule is C[C@@H](CS(=O)(=O)CC/C=C/CN1CCC(=O)NC1=O)c1cccc(OCC(F)F)c1. The summed E-state index contributed by atoms with van der Waals surface area (Å²) in [4.78, 5) is 24.2. The van der Waals surface area contributed by atoms with Crippen LogP contribution >= 0.6 is 0 Å². The average Bonchev–Trinajstić information content (AvgIpc) is 2.67. The molecule has 2 rings (SSSR count). The molecular weight excluding hydrogens is 418 g/mol. The van der Waals surface area contributed by atoms with Gasteiger partial charge in [-0.3, -0.25) is 10.1 Å². The van der Waals surface area contributed by atoms with Crippen molar-refractivity contribution in [3.05, 3.63) is 42.0 Å². The molecule has 1 fully saturated rings. The fourth-order valence-electron chi connectivity index (χ4n) is 2.97. The Morgan fingerprint density at radius 2 is 2.03 bits per heavy atom. The lowest BCUT2D eigenvalue weighted by Crippen LogP contribution is -2.49. The zero-order valence-electron chi connectivity index (χ0n) is 16.7. The van der Waals surface area contributed by atoms with Gasteiger partial charge in [-0.05, 0) is 30.0 Å². The predicted octanol–water partition coefficient (Wildman–Crippen LogP) is 2.74. The first-order chi connectivity index (χ1) is 14.2. The Bertz CT molecular complexity index is 874. The number of urea groups is 1. The van der Waals surface area contributed by atoms with Crippen molar-refractivity contribution in [1.82, 2.24) is 10.2 Å². The molecule has 0 saturated carbocycles. The Morgan fingerprint density at radius 1 is 1.27 bits per heavy atom. The molecular formula is C20H26F2N2O5S. The van der Waals surface area contributed by atoms with Gasteiger partial charge in [0.05, 0.1) is 11.5 Å². The number of amides is 3. The summed E-state index contributed by atoms with van der Waals surface area (Å²) in [7, 11) is -3.34. The van der Waals surface area contributed by atoms with E-state index in [1.54, 1.807) is 43.3 Å². The van der Waals surface area contributed by atoms with E-state index in [1.165, 1.54) is 4.90 Å². The van der Waals surface area contributed by atoms with Crippen molar-refractivity contribution in [2.24, 2.45) is 0 Å². The normalized spacial score (nSPS) is 16.2.